The lowest BCUT2D eigenvalue weighted by atomic mass is 10.2. The number of hydrogen-bond donors (Lipinski definition) is 4. The number of H-pyrrole nitrogens is 1. The molecule has 8 nitrogen and oxygen atoms in total. The van der Waals surface area contributed by atoms with Crippen LogP contribution in [-0.4, -0.2) is 35.9 Å². The largest absolute Gasteiger partial charge is 0.494 e. The SMILES string of the molecule is CCCCOc1ccc(NC(=O)NCCCNc2n[nH]c(=O)c3ccccc23)cc1. The second-order valence-corrected chi connectivity index (χ2v) is 6.83. The molecule has 1 aromatic heterocycles. The summed E-state index contributed by atoms with van der Waals surface area (Å²) >= 11 is 0. The minimum absolute atomic E-state index is 0.213. The van der Waals surface area contributed by atoms with E-state index >= 15 is 0 Å². The van der Waals surface area contributed by atoms with Crippen LogP contribution in [-0.2, 0) is 0 Å². The molecule has 158 valence electrons. The van der Waals surface area contributed by atoms with Gasteiger partial charge < -0.3 is 20.7 Å². The third kappa shape index (κ3) is 5.97. The lowest BCUT2D eigenvalue weighted by Crippen LogP contribution is -2.30. The minimum Gasteiger partial charge on any atom is -0.494 e. The molecule has 30 heavy (non-hydrogen) atoms. The van der Waals surface area contributed by atoms with Crippen molar-refractivity contribution in [2.75, 3.05) is 30.3 Å². The number of ether oxygens (including phenoxy) is 1. The molecule has 0 unspecified atom stereocenters. The zero-order valence-corrected chi connectivity index (χ0v) is 17.0. The molecule has 0 aliphatic rings. The van der Waals surface area contributed by atoms with Crippen LogP contribution in [0.4, 0.5) is 16.3 Å². The Hall–Kier alpha value is -3.55. The van der Waals surface area contributed by atoms with Gasteiger partial charge in [-0.1, -0.05) is 31.5 Å². The maximum atomic E-state index is 12.0. The van der Waals surface area contributed by atoms with Gasteiger partial charge in [-0.3, -0.25) is 4.79 Å². The van der Waals surface area contributed by atoms with Crippen molar-refractivity contribution < 1.29 is 9.53 Å². The maximum absolute atomic E-state index is 12.0. The highest BCUT2D eigenvalue weighted by atomic mass is 16.5. The Balaban J connectivity index is 1.38. The molecule has 0 aliphatic carbocycles. The van der Waals surface area contributed by atoms with Crippen molar-refractivity contribution in [3.63, 3.8) is 0 Å². The number of unbranched alkanes of at least 4 members (excludes halogenated alkanes) is 1. The van der Waals surface area contributed by atoms with Gasteiger partial charge in [0.15, 0.2) is 5.82 Å². The van der Waals surface area contributed by atoms with Gasteiger partial charge in [0, 0.05) is 24.2 Å². The van der Waals surface area contributed by atoms with Gasteiger partial charge >= 0.3 is 6.03 Å². The number of aromatic nitrogens is 2. The molecule has 0 fully saturated rings. The quantitative estimate of drug-likeness (QED) is 0.382. The molecule has 0 spiro atoms. The van der Waals surface area contributed by atoms with Crippen molar-refractivity contribution in [2.45, 2.75) is 26.2 Å². The van der Waals surface area contributed by atoms with Crippen LogP contribution >= 0.6 is 0 Å². The highest BCUT2D eigenvalue weighted by molar-refractivity contribution is 5.91. The number of nitrogens with zero attached hydrogens (tertiary/aromatic N) is 1. The van der Waals surface area contributed by atoms with Gasteiger partial charge in [-0.2, -0.15) is 5.10 Å². The smallest absolute Gasteiger partial charge is 0.319 e. The molecule has 0 saturated heterocycles. The first-order valence-electron chi connectivity index (χ1n) is 10.2. The summed E-state index contributed by atoms with van der Waals surface area (Å²) in [7, 11) is 0. The molecular weight excluding hydrogens is 382 g/mol. The van der Waals surface area contributed by atoms with Crippen LogP contribution in [0.3, 0.4) is 0 Å². The first kappa shape index (κ1) is 21.2. The Kier molecular flexibility index (Phi) is 7.65. The van der Waals surface area contributed by atoms with E-state index < -0.39 is 0 Å². The molecule has 3 aromatic rings. The second kappa shape index (κ2) is 10.8. The van der Waals surface area contributed by atoms with Crippen molar-refractivity contribution in [1.82, 2.24) is 15.5 Å². The van der Waals surface area contributed by atoms with E-state index in [0.29, 0.717) is 43.0 Å². The van der Waals surface area contributed by atoms with E-state index in [2.05, 4.69) is 33.1 Å². The molecule has 0 radical (unpaired) electrons. The van der Waals surface area contributed by atoms with Crippen molar-refractivity contribution in [3.05, 3.63) is 58.9 Å². The molecule has 1 heterocycles. The molecule has 0 aliphatic heterocycles. The zero-order valence-electron chi connectivity index (χ0n) is 17.0. The Morgan fingerprint density at radius 1 is 1.03 bits per heavy atom. The summed E-state index contributed by atoms with van der Waals surface area (Å²) in [5.74, 6) is 1.42. The van der Waals surface area contributed by atoms with Gasteiger partial charge in [-0.05, 0) is 43.2 Å². The molecular formula is C22H27N5O3. The Morgan fingerprint density at radius 3 is 2.57 bits per heavy atom. The van der Waals surface area contributed by atoms with Crippen molar-refractivity contribution in [2.24, 2.45) is 0 Å². The van der Waals surface area contributed by atoms with Crippen molar-refractivity contribution in [3.8, 4) is 5.75 Å². The third-order valence-corrected chi connectivity index (χ3v) is 4.51. The summed E-state index contributed by atoms with van der Waals surface area (Å²) < 4.78 is 5.61. The number of carbonyl (C=O) groups excluding carboxylic acids is 1. The monoisotopic (exact) mass is 409 g/mol. The van der Waals surface area contributed by atoms with Gasteiger partial charge in [-0.25, -0.2) is 9.89 Å². The van der Waals surface area contributed by atoms with Gasteiger partial charge in [-0.15, -0.1) is 0 Å². The molecule has 2 aromatic carbocycles. The minimum atomic E-state index is -0.262. The number of benzene rings is 2. The van der Waals surface area contributed by atoms with Crippen LogP contribution in [0, 0.1) is 0 Å². The summed E-state index contributed by atoms with van der Waals surface area (Å²) in [6.07, 6.45) is 2.81. The number of rotatable bonds is 10. The van der Waals surface area contributed by atoms with Crippen LogP contribution < -0.4 is 26.2 Å². The maximum Gasteiger partial charge on any atom is 0.319 e. The summed E-state index contributed by atoms with van der Waals surface area (Å²) in [5, 5.41) is 16.7. The van der Waals surface area contributed by atoms with Crippen molar-refractivity contribution >= 4 is 28.3 Å². The van der Waals surface area contributed by atoms with Gasteiger partial charge in [0.1, 0.15) is 5.75 Å². The lowest BCUT2D eigenvalue weighted by Gasteiger charge is -2.10. The number of fused-ring (bicyclic) bond motifs is 1. The average molecular weight is 409 g/mol. The zero-order chi connectivity index (χ0) is 21.2. The number of amides is 2. The summed E-state index contributed by atoms with van der Waals surface area (Å²) in [5.41, 5.74) is 0.493. The lowest BCUT2D eigenvalue weighted by molar-refractivity contribution is 0.252. The number of urea groups is 1. The summed E-state index contributed by atoms with van der Waals surface area (Å²) in [6.45, 7) is 3.92. The predicted molar refractivity (Wildman–Crippen MR) is 119 cm³/mol. The van der Waals surface area contributed by atoms with Crippen LogP contribution in [0.5, 0.6) is 5.75 Å². The normalized spacial score (nSPS) is 10.6. The molecule has 8 heteroatoms. The van der Waals surface area contributed by atoms with Crippen LogP contribution in [0.25, 0.3) is 10.8 Å². The Morgan fingerprint density at radius 2 is 1.80 bits per heavy atom. The second-order valence-electron chi connectivity index (χ2n) is 6.83. The number of carbonyl (C=O) groups is 1. The third-order valence-electron chi connectivity index (χ3n) is 4.51. The number of anilines is 2. The predicted octanol–water partition coefficient (Wildman–Crippen LogP) is 3.73. The van der Waals surface area contributed by atoms with Crippen LogP contribution in [0.1, 0.15) is 26.2 Å². The first-order valence-corrected chi connectivity index (χ1v) is 10.2. The summed E-state index contributed by atoms with van der Waals surface area (Å²) in [6, 6.07) is 14.4. The fourth-order valence-corrected chi connectivity index (χ4v) is 2.89. The van der Waals surface area contributed by atoms with E-state index in [4.69, 9.17) is 4.74 Å². The highest BCUT2D eigenvalue weighted by Crippen LogP contribution is 2.17. The fourth-order valence-electron chi connectivity index (χ4n) is 2.89. The van der Waals surface area contributed by atoms with E-state index in [0.717, 1.165) is 24.0 Å². The Bertz CT molecular complexity index is 1020. The summed E-state index contributed by atoms with van der Waals surface area (Å²) in [4.78, 5) is 23.8. The average Bonchev–Trinajstić information content (AvgIpc) is 2.76. The van der Waals surface area contributed by atoms with Gasteiger partial charge in [0.05, 0.1) is 12.0 Å². The van der Waals surface area contributed by atoms with E-state index in [-0.39, 0.29) is 11.6 Å². The molecule has 0 saturated carbocycles. The van der Waals surface area contributed by atoms with Gasteiger partial charge in [0.2, 0.25) is 0 Å². The van der Waals surface area contributed by atoms with Crippen LogP contribution in [0.2, 0.25) is 0 Å². The van der Waals surface area contributed by atoms with Gasteiger partial charge in [0.25, 0.3) is 5.56 Å². The number of hydrogen-bond acceptors (Lipinski definition) is 5. The topological polar surface area (TPSA) is 108 Å². The van der Waals surface area contributed by atoms with E-state index in [1.54, 1.807) is 6.07 Å². The number of nitrogens with one attached hydrogen (secondary N) is 4. The number of aromatic amines is 1. The molecule has 0 atom stereocenters. The molecule has 0 bridgehead atoms. The highest BCUT2D eigenvalue weighted by Gasteiger charge is 2.05. The molecule has 3 rings (SSSR count). The van der Waals surface area contributed by atoms with Crippen LogP contribution in [0.15, 0.2) is 53.3 Å². The fraction of sp³-hybridized carbons (Fsp3) is 0.318. The van der Waals surface area contributed by atoms with E-state index in [1.807, 2.05) is 42.5 Å². The van der Waals surface area contributed by atoms with Crippen molar-refractivity contribution in [1.29, 1.82) is 0 Å². The molecule has 4 N–H and O–H groups in total. The molecule has 2 amide bonds. The first-order chi connectivity index (χ1) is 14.7. The standard InChI is InChI=1S/C22H27N5O3/c1-2-3-15-30-17-11-9-16(10-12-17)25-22(29)24-14-6-13-23-20-18-7-4-5-8-19(18)21(28)27-26-20/h4-5,7-12H,2-3,6,13-15H2,1H3,(H,23,26)(H,27,28)(H2,24,25,29). The Labute approximate surface area is 175 Å². The van der Waals surface area contributed by atoms with E-state index in [9.17, 15) is 9.59 Å². The van der Waals surface area contributed by atoms with E-state index in [1.165, 1.54) is 0 Å².